The Bertz CT molecular complexity index is 236. The van der Waals surface area contributed by atoms with Crippen LogP contribution >= 0.6 is 0 Å². The largest absolute Gasteiger partial charge is 0.380 e. The van der Waals surface area contributed by atoms with E-state index in [9.17, 15) is 4.79 Å². The fourth-order valence-corrected chi connectivity index (χ4v) is 2.17. The van der Waals surface area contributed by atoms with Crippen LogP contribution < -0.4 is 11.1 Å². The van der Waals surface area contributed by atoms with Gasteiger partial charge < -0.3 is 20.7 Å². The lowest BCUT2D eigenvalue weighted by atomic mass is 10.2. The maximum atomic E-state index is 11.2. The molecule has 17 heavy (non-hydrogen) atoms. The van der Waals surface area contributed by atoms with Crippen LogP contribution in [0.1, 0.15) is 26.2 Å². The summed E-state index contributed by atoms with van der Waals surface area (Å²) in [5.41, 5.74) is 5.37. The molecule has 1 rings (SSSR count). The lowest BCUT2D eigenvalue weighted by Crippen LogP contribution is -2.43. The molecule has 0 aliphatic carbocycles. The van der Waals surface area contributed by atoms with Crippen LogP contribution in [0.2, 0.25) is 0 Å². The van der Waals surface area contributed by atoms with Crippen LogP contribution in [0.25, 0.3) is 0 Å². The van der Waals surface area contributed by atoms with Crippen LogP contribution in [0.3, 0.4) is 0 Å². The summed E-state index contributed by atoms with van der Waals surface area (Å²) in [6.45, 7) is 5.85. The van der Waals surface area contributed by atoms with Crippen molar-refractivity contribution in [3.05, 3.63) is 0 Å². The van der Waals surface area contributed by atoms with Gasteiger partial charge in [0.2, 0.25) is 5.91 Å². The number of rotatable bonds is 8. The van der Waals surface area contributed by atoms with Gasteiger partial charge in [0.1, 0.15) is 0 Å². The molecular formula is C12H25N3O2. The van der Waals surface area contributed by atoms with Crippen molar-refractivity contribution in [2.45, 2.75) is 38.3 Å². The molecule has 0 spiro atoms. The number of ether oxygens (including phenoxy) is 1. The second kappa shape index (κ2) is 7.63. The zero-order chi connectivity index (χ0) is 12.7. The van der Waals surface area contributed by atoms with Gasteiger partial charge in [-0.2, -0.15) is 0 Å². The van der Waals surface area contributed by atoms with Crippen LogP contribution in [0.15, 0.2) is 0 Å². The molecular weight excluding hydrogens is 218 g/mol. The summed E-state index contributed by atoms with van der Waals surface area (Å²) in [6, 6.07) is -0.198. The highest BCUT2D eigenvalue weighted by molar-refractivity contribution is 5.79. The molecule has 5 heteroatoms. The van der Waals surface area contributed by atoms with Crippen LogP contribution in [0.4, 0.5) is 0 Å². The van der Waals surface area contributed by atoms with Gasteiger partial charge >= 0.3 is 0 Å². The van der Waals surface area contributed by atoms with E-state index in [1.165, 1.54) is 0 Å². The average Bonchev–Trinajstić information content (AvgIpc) is 2.76. The van der Waals surface area contributed by atoms with Crippen LogP contribution in [0.5, 0.6) is 0 Å². The SMILES string of the molecule is CCCNC(CCN1CCC(OC)C1)C(N)=O. The van der Waals surface area contributed by atoms with E-state index in [-0.39, 0.29) is 11.9 Å². The van der Waals surface area contributed by atoms with E-state index in [0.29, 0.717) is 6.10 Å². The van der Waals surface area contributed by atoms with E-state index in [4.69, 9.17) is 10.5 Å². The molecule has 0 aromatic heterocycles. The van der Waals surface area contributed by atoms with Crippen LogP contribution in [-0.2, 0) is 9.53 Å². The zero-order valence-corrected chi connectivity index (χ0v) is 10.9. The number of hydrogen-bond donors (Lipinski definition) is 2. The predicted molar refractivity (Wildman–Crippen MR) is 67.7 cm³/mol. The number of nitrogens with zero attached hydrogens (tertiary/aromatic N) is 1. The summed E-state index contributed by atoms with van der Waals surface area (Å²) >= 11 is 0. The van der Waals surface area contributed by atoms with Crippen molar-refractivity contribution in [2.75, 3.05) is 33.3 Å². The third-order valence-electron chi connectivity index (χ3n) is 3.28. The highest BCUT2D eigenvalue weighted by Crippen LogP contribution is 2.12. The maximum absolute atomic E-state index is 11.2. The molecule has 0 radical (unpaired) electrons. The molecule has 1 aliphatic heterocycles. The molecule has 0 saturated carbocycles. The second-order valence-electron chi connectivity index (χ2n) is 4.64. The van der Waals surface area contributed by atoms with Crippen molar-refractivity contribution in [3.8, 4) is 0 Å². The minimum Gasteiger partial charge on any atom is -0.380 e. The number of carbonyl (C=O) groups excluding carboxylic acids is 1. The Morgan fingerprint density at radius 3 is 2.94 bits per heavy atom. The highest BCUT2D eigenvalue weighted by atomic mass is 16.5. The second-order valence-corrected chi connectivity index (χ2v) is 4.64. The molecule has 0 bridgehead atoms. The Morgan fingerprint density at radius 1 is 1.65 bits per heavy atom. The first-order valence-electron chi connectivity index (χ1n) is 6.45. The summed E-state index contributed by atoms with van der Waals surface area (Å²) in [5, 5.41) is 3.19. The number of methoxy groups -OCH3 is 1. The molecule has 1 saturated heterocycles. The van der Waals surface area contributed by atoms with Crippen molar-refractivity contribution in [2.24, 2.45) is 5.73 Å². The maximum Gasteiger partial charge on any atom is 0.234 e. The van der Waals surface area contributed by atoms with Gasteiger partial charge in [-0.05, 0) is 25.8 Å². The van der Waals surface area contributed by atoms with Gasteiger partial charge in [-0.3, -0.25) is 4.79 Å². The van der Waals surface area contributed by atoms with E-state index in [1.54, 1.807) is 7.11 Å². The zero-order valence-electron chi connectivity index (χ0n) is 10.9. The van der Waals surface area contributed by atoms with E-state index in [0.717, 1.165) is 45.4 Å². The monoisotopic (exact) mass is 243 g/mol. The fraction of sp³-hybridized carbons (Fsp3) is 0.917. The molecule has 1 fully saturated rings. The van der Waals surface area contributed by atoms with Crippen molar-refractivity contribution in [3.63, 3.8) is 0 Å². The van der Waals surface area contributed by atoms with Gasteiger partial charge in [0.25, 0.3) is 0 Å². The molecule has 3 N–H and O–H groups in total. The molecule has 100 valence electrons. The van der Waals surface area contributed by atoms with E-state index in [1.807, 2.05) is 0 Å². The lowest BCUT2D eigenvalue weighted by Gasteiger charge is -2.20. The number of likely N-dealkylation sites (tertiary alicyclic amines) is 1. The number of primary amides is 1. The number of nitrogens with one attached hydrogen (secondary N) is 1. The minimum atomic E-state index is -0.249. The topological polar surface area (TPSA) is 67.6 Å². The first-order chi connectivity index (χ1) is 8.17. The Hall–Kier alpha value is -0.650. The van der Waals surface area contributed by atoms with Gasteiger partial charge in [0.05, 0.1) is 12.1 Å². The molecule has 1 aliphatic rings. The minimum absolute atomic E-state index is 0.198. The Labute approximate surface area is 104 Å². The summed E-state index contributed by atoms with van der Waals surface area (Å²) in [5.74, 6) is -0.249. The van der Waals surface area contributed by atoms with E-state index in [2.05, 4.69) is 17.1 Å². The number of amides is 1. The standard InChI is InChI=1S/C12H25N3O2/c1-3-6-14-11(12(13)16)5-8-15-7-4-10(9-15)17-2/h10-11,14H,3-9H2,1-2H3,(H2,13,16). The summed E-state index contributed by atoms with van der Waals surface area (Å²) < 4.78 is 5.31. The number of nitrogens with two attached hydrogens (primary N) is 1. The highest BCUT2D eigenvalue weighted by Gasteiger charge is 2.23. The fourth-order valence-electron chi connectivity index (χ4n) is 2.17. The van der Waals surface area contributed by atoms with Gasteiger partial charge in [-0.15, -0.1) is 0 Å². The van der Waals surface area contributed by atoms with Crippen molar-refractivity contribution in [1.82, 2.24) is 10.2 Å². The normalized spacial score (nSPS) is 22.8. The summed E-state index contributed by atoms with van der Waals surface area (Å²) in [7, 11) is 1.75. The molecule has 1 amide bonds. The third-order valence-corrected chi connectivity index (χ3v) is 3.28. The molecule has 2 atom stereocenters. The Kier molecular flexibility index (Phi) is 6.47. The quantitative estimate of drug-likeness (QED) is 0.627. The van der Waals surface area contributed by atoms with Crippen molar-refractivity contribution >= 4 is 5.91 Å². The molecule has 0 aromatic carbocycles. The predicted octanol–water partition coefficient (Wildman–Crippen LogP) is -0.0493. The van der Waals surface area contributed by atoms with Crippen molar-refractivity contribution in [1.29, 1.82) is 0 Å². The third kappa shape index (κ3) is 5.02. The number of carbonyl (C=O) groups is 1. The molecule has 0 aromatic rings. The Balaban J connectivity index is 2.24. The molecule has 2 unspecified atom stereocenters. The lowest BCUT2D eigenvalue weighted by molar-refractivity contribution is -0.120. The van der Waals surface area contributed by atoms with E-state index < -0.39 is 0 Å². The average molecular weight is 243 g/mol. The first kappa shape index (κ1) is 14.4. The van der Waals surface area contributed by atoms with Gasteiger partial charge in [-0.25, -0.2) is 0 Å². The number of hydrogen-bond acceptors (Lipinski definition) is 4. The van der Waals surface area contributed by atoms with Crippen molar-refractivity contribution < 1.29 is 9.53 Å². The summed E-state index contributed by atoms with van der Waals surface area (Å²) in [6.07, 6.45) is 3.23. The smallest absolute Gasteiger partial charge is 0.234 e. The van der Waals surface area contributed by atoms with Gasteiger partial charge in [0, 0.05) is 26.7 Å². The summed E-state index contributed by atoms with van der Waals surface area (Å²) in [4.78, 5) is 13.6. The van der Waals surface area contributed by atoms with Gasteiger partial charge in [0.15, 0.2) is 0 Å². The Morgan fingerprint density at radius 2 is 2.41 bits per heavy atom. The van der Waals surface area contributed by atoms with E-state index >= 15 is 0 Å². The van der Waals surface area contributed by atoms with Crippen LogP contribution in [-0.4, -0.2) is 56.2 Å². The molecule has 5 nitrogen and oxygen atoms in total. The van der Waals surface area contributed by atoms with Gasteiger partial charge in [-0.1, -0.05) is 6.92 Å². The van der Waals surface area contributed by atoms with Crippen LogP contribution in [0, 0.1) is 0 Å². The first-order valence-corrected chi connectivity index (χ1v) is 6.45. The molecule has 1 heterocycles.